The molecule has 1 rings (SSSR count). The largest absolute Gasteiger partial charge is 0.345 e. The van der Waals surface area contributed by atoms with Gasteiger partial charge in [-0.2, -0.15) is 0 Å². The highest BCUT2D eigenvalue weighted by Gasteiger charge is 2.27. The zero-order valence-electron chi connectivity index (χ0n) is 12.2. The van der Waals surface area contributed by atoms with Gasteiger partial charge in [0.1, 0.15) is 0 Å². The van der Waals surface area contributed by atoms with Crippen molar-refractivity contribution in [2.24, 2.45) is 5.41 Å². The molecule has 0 atom stereocenters. The molecule has 0 radical (unpaired) electrons. The summed E-state index contributed by atoms with van der Waals surface area (Å²) in [6.45, 7) is 8.26. The molecule has 0 heterocycles. The average molecular weight is 245 g/mol. The van der Waals surface area contributed by atoms with Crippen molar-refractivity contribution in [3.05, 3.63) is 41.5 Å². The Hall–Kier alpha value is -1.57. The summed E-state index contributed by atoms with van der Waals surface area (Å²) in [4.78, 5) is 14.0. The molecule has 2 heteroatoms. The fraction of sp³-hybridized carbons (Fsp3) is 0.438. The van der Waals surface area contributed by atoms with Gasteiger partial charge in [0.05, 0.1) is 0 Å². The maximum atomic E-state index is 12.4. The lowest BCUT2D eigenvalue weighted by molar-refractivity contribution is -0.125. The Morgan fingerprint density at radius 1 is 1.06 bits per heavy atom. The molecule has 1 amide bonds. The number of hydrogen-bond acceptors (Lipinski definition) is 1. The van der Waals surface area contributed by atoms with Crippen molar-refractivity contribution in [3.63, 3.8) is 0 Å². The van der Waals surface area contributed by atoms with Crippen LogP contribution in [0.1, 0.15) is 33.3 Å². The molecule has 0 unspecified atom stereocenters. The van der Waals surface area contributed by atoms with Gasteiger partial charge in [0.15, 0.2) is 0 Å². The van der Waals surface area contributed by atoms with E-state index in [0.717, 1.165) is 16.7 Å². The number of nitrogens with zero attached hydrogens (tertiary/aromatic N) is 1. The van der Waals surface area contributed by atoms with Gasteiger partial charge in [-0.25, -0.2) is 0 Å². The molecule has 0 aliphatic carbocycles. The summed E-state index contributed by atoms with van der Waals surface area (Å²) in [5, 5.41) is 0. The van der Waals surface area contributed by atoms with E-state index in [-0.39, 0.29) is 11.3 Å². The average Bonchev–Trinajstić information content (AvgIpc) is 2.28. The zero-order valence-corrected chi connectivity index (χ0v) is 12.2. The van der Waals surface area contributed by atoms with E-state index in [9.17, 15) is 4.79 Å². The van der Waals surface area contributed by atoms with Gasteiger partial charge in [-0.15, -0.1) is 0 Å². The van der Waals surface area contributed by atoms with Crippen LogP contribution in [0.25, 0.3) is 5.57 Å². The molecular weight excluding hydrogens is 222 g/mol. The predicted octanol–water partition coefficient (Wildman–Crippen LogP) is 3.59. The molecule has 0 saturated heterocycles. The van der Waals surface area contributed by atoms with Gasteiger partial charge in [0, 0.05) is 19.7 Å². The molecule has 0 fully saturated rings. The van der Waals surface area contributed by atoms with Crippen molar-refractivity contribution in [1.82, 2.24) is 4.90 Å². The molecule has 0 spiro atoms. The fourth-order valence-corrected chi connectivity index (χ4v) is 2.10. The number of amides is 1. The van der Waals surface area contributed by atoms with Crippen molar-refractivity contribution in [2.45, 2.75) is 27.7 Å². The topological polar surface area (TPSA) is 20.3 Å². The third-order valence-electron chi connectivity index (χ3n) is 2.95. The SMILES string of the molecule is C/C(=C(/C(=O)N(C)C)C(C)(C)C)c1ccccc1. The molecule has 1 aromatic carbocycles. The van der Waals surface area contributed by atoms with E-state index in [1.165, 1.54) is 0 Å². The molecule has 2 nitrogen and oxygen atoms in total. The van der Waals surface area contributed by atoms with Gasteiger partial charge < -0.3 is 4.90 Å². The van der Waals surface area contributed by atoms with Gasteiger partial charge in [0.2, 0.25) is 5.91 Å². The van der Waals surface area contributed by atoms with Crippen molar-refractivity contribution in [2.75, 3.05) is 14.1 Å². The molecule has 0 saturated carbocycles. The first kappa shape index (κ1) is 14.5. The minimum Gasteiger partial charge on any atom is -0.345 e. The van der Waals surface area contributed by atoms with Crippen LogP contribution in [0.5, 0.6) is 0 Å². The number of carbonyl (C=O) groups excluding carboxylic acids is 1. The Bertz CT molecular complexity index is 450. The van der Waals surface area contributed by atoms with Gasteiger partial charge in [-0.05, 0) is 23.5 Å². The van der Waals surface area contributed by atoms with Crippen molar-refractivity contribution in [1.29, 1.82) is 0 Å². The quantitative estimate of drug-likeness (QED) is 0.729. The Labute approximate surface area is 110 Å². The van der Waals surface area contributed by atoms with Crippen LogP contribution in [0.4, 0.5) is 0 Å². The first-order valence-corrected chi connectivity index (χ1v) is 6.23. The van der Waals surface area contributed by atoms with E-state index >= 15 is 0 Å². The van der Waals surface area contributed by atoms with Gasteiger partial charge in [-0.1, -0.05) is 51.1 Å². The van der Waals surface area contributed by atoms with Crippen molar-refractivity contribution < 1.29 is 4.79 Å². The molecule has 1 aromatic rings. The lowest BCUT2D eigenvalue weighted by atomic mass is 9.81. The second-order valence-electron chi connectivity index (χ2n) is 5.82. The third-order valence-corrected chi connectivity index (χ3v) is 2.95. The summed E-state index contributed by atoms with van der Waals surface area (Å²) in [5.74, 6) is 0.0869. The molecule has 0 aromatic heterocycles. The first-order chi connectivity index (χ1) is 8.25. The van der Waals surface area contributed by atoms with Crippen LogP contribution in [0, 0.1) is 5.41 Å². The summed E-state index contributed by atoms with van der Waals surface area (Å²) in [6.07, 6.45) is 0. The smallest absolute Gasteiger partial charge is 0.250 e. The number of rotatable bonds is 2. The highest BCUT2D eigenvalue weighted by Crippen LogP contribution is 2.33. The Kier molecular flexibility index (Phi) is 4.33. The van der Waals surface area contributed by atoms with Crippen LogP contribution >= 0.6 is 0 Å². The van der Waals surface area contributed by atoms with Gasteiger partial charge >= 0.3 is 0 Å². The van der Waals surface area contributed by atoms with Gasteiger partial charge in [-0.3, -0.25) is 4.79 Å². The van der Waals surface area contributed by atoms with E-state index < -0.39 is 0 Å². The Balaban J connectivity index is 3.39. The van der Waals surface area contributed by atoms with Crippen LogP contribution in [-0.2, 0) is 4.79 Å². The standard InChI is InChI=1S/C16H23NO/c1-12(13-10-8-7-9-11-13)14(16(2,3)4)15(18)17(5)6/h7-11H,1-6H3/b14-12+. The van der Waals surface area contributed by atoms with Crippen LogP contribution in [-0.4, -0.2) is 24.9 Å². The summed E-state index contributed by atoms with van der Waals surface area (Å²) in [7, 11) is 3.60. The molecular formula is C16H23NO. The van der Waals surface area contributed by atoms with E-state index in [1.54, 1.807) is 19.0 Å². The fourth-order valence-electron chi connectivity index (χ4n) is 2.10. The molecule has 0 N–H and O–H groups in total. The molecule has 0 aliphatic heterocycles. The molecule has 0 aliphatic rings. The Morgan fingerprint density at radius 3 is 1.94 bits per heavy atom. The highest BCUT2D eigenvalue weighted by molar-refractivity contribution is 6.01. The van der Waals surface area contributed by atoms with E-state index in [0.29, 0.717) is 0 Å². The minimum absolute atomic E-state index is 0.0869. The molecule has 18 heavy (non-hydrogen) atoms. The van der Waals surface area contributed by atoms with E-state index in [2.05, 4.69) is 20.8 Å². The number of benzene rings is 1. The maximum Gasteiger partial charge on any atom is 0.250 e. The highest BCUT2D eigenvalue weighted by atomic mass is 16.2. The number of hydrogen-bond donors (Lipinski definition) is 0. The van der Waals surface area contributed by atoms with Crippen LogP contribution in [0.2, 0.25) is 0 Å². The third kappa shape index (κ3) is 3.22. The molecule has 0 bridgehead atoms. The van der Waals surface area contributed by atoms with Crippen molar-refractivity contribution >= 4 is 11.5 Å². The maximum absolute atomic E-state index is 12.4. The number of likely N-dealkylation sites (N-methyl/N-ethyl adjacent to an activating group) is 1. The monoisotopic (exact) mass is 245 g/mol. The Morgan fingerprint density at radius 2 is 1.56 bits per heavy atom. The van der Waals surface area contributed by atoms with Gasteiger partial charge in [0.25, 0.3) is 0 Å². The predicted molar refractivity (Wildman–Crippen MR) is 77.2 cm³/mol. The lowest BCUT2D eigenvalue weighted by Gasteiger charge is -2.27. The summed E-state index contributed by atoms with van der Waals surface area (Å²) in [6, 6.07) is 10.1. The second-order valence-corrected chi connectivity index (χ2v) is 5.82. The number of carbonyl (C=O) groups is 1. The summed E-state index contributed by atoms with van der Waals surface area (Å²) >= 11 is 0. The minimum atomic E-state index is -0.165. The van der Waals surface area contributed by atoms with Crippen molar-refractivity contribution in [3.8, 4) is 0 Å². The van der Waals surface area contributed by atoms with Crippen LogP contribution in [0.15, 0.2) is 35.9 Å². The second kappa shape index (κ2) is 5.38. The van der Waals surface area contributed by atoms with Crippen LogP contribution < -0.4 is 0 Å². The van der Waals surface area contributed by atoms with E-state index in [1.807, 2.05) is 37.3 Å². The zero-order chi connectivity index (χ0) is 13.9. The summed E-state index contributed by atoms with van der Waals surface area (Å²) < 4.78 is 0. The lowest BCUT2D eigenvalue weighted by Crippen LogP contribution is -2.30. The first-order valence-electron chi connectivity index (χ1n) is 6.23. The van der Waals surface area contributed by atoms with Crippen LogP contribution in [0.3, 0.4) is 0 Å². The summed E-state index contributed by atoms with van der Waals surface area (Å²) in [5.41, 5.74) is 2.87. The molecule has 98 valence electrons. The number of allylic oxidation sites excluding steroid dienone is 1. The van der Waals surface area contributed by atoms with E-state index in [4.69, 9.17) is 0 Å². The normalized spacial score (nSPS) is 13.0.